The Kier molecular flexibility index (Phi) is 9.76. The first-order valence-corrected chi connectivity index (χ1v) is 16.1. The van der Waals surface area contributed by atoms with Gasteiger partial charge in [-0.2, -0.15) is 10.5 Å². The summed E-state index contributed by atoms with van der Waals surface area (Å²) in [7, 11) is 0. The van der Waals surface area contributed by atoms with Crippen LogP contribution in [0.4, 0.5) is 0 Å². The lowest BCUT2D eigenvalue weighted by Crippen LogP contribution is -1.99. The van der Waals surface area contributed by atoms with E-state index in [0.717, 1.165) is 43.1 Å². The van der Waals surface area contributed by atoms with Crippen LogP contribution in [0.15, 0.2) is 144 Å². The first kappa shape index (κ1) is 32.9. The Hall–Kier alpha value is -7.00. The molecule has 2 heterocycles. The van der Waals surface area contributed by atoms with E-state index in [1.54, 1.807) is 47.7 Å². The van der Waals surface area contributed by atoms with E-state index < -0.39 is 11.9 Å². The SMILES string of the molecule is N#C/C(=C/c1ccc(-c2sc(-c3ccc(/C=C(\C#N)C(=O)O)cc3)cc2C=C2C=C(c3ccccc3)OC(c3ccccc3)=C2)cc1)C(=O)O. The predicted molar refractivity (Wildman–Crippen MR) is 196 cm³/mol. The molecule has 0 radical (unpaired) electrons. The molecular formula is C42H26N2O5S. The van der Waals surface area contributed by atoms with Gasteiger partial charge in [-0.1, -0.05) is 109 Å². The van der Waals surface area contributed by atoms with Crippen LogP contribution in [0.25, 0.3) is 50.6 Å². The zero-order valence-electron chi connectivity index (χ0n) is 26.3. The van der Waals surface area contributed by atoms with Gasteiger partial charge in [-0.15, -0.1) is 11.3 Å². The second-order valence-corrected chi connectivity index (χ2v) is 12.1. The first-order chi connectivity index (χ1) is 24.3. The molecule has 0 aliphatic carbocycles. The number of allylic oxidation sites excluding steroid dienone is 3. The Morgan fingerprint density at radius 1 is 0.620 bits per heavy atom. The minimum absolute atomic E-state index is 0.351. The van der Waals surface area contributed by atoms with Gasteiger partial charge in [0, 0.05) is 20.9 Å². The van der Waals surface area contributed by atoms with Gasteiger partial charge in [-0.05, 0) is 69.8 Å². The van der Waals surface area contributed by atoms with Crippen LogP contribution in [0, 0.1) is 22.7 Å². The van der Waals surface area contributed by atoms with Crippen molar-refractivity contribution >= 4 is 53.0 Å². The van der Waals surface area contributed by atoms with Crippen molar-refractivity contribution in [2.45, 2.75) is 0 Å². The highest BCUT2D eigenvalue weighted by molar-refractivity contribution is 7.19. The number of hydrogen-bond donors (Lipinski definition) is 2. The van der Waals surface area contributed by atoms with Gasteiger partial charge in [0.25, 0.3) is 0 Å². The monoisotopic (exact) mass is 670 g/mol. The summed E-state index contributed by atoms with van der Waals surface area (Å²) >= 11 is 1.57. The van der Waals surface area contributed by atoms with Gasteiger partial charge >= 0.3 is 11.9 Å². The van der Waals surface area contributed by atoms with Gasteiger partial charge in [0.05, 0.1) is 0 Å². The van der Waals surface area contributed by atoms with E-state index in [2.05, 4.69) is 12.1 Å². The van der Waals surface area contributed by atoms with Crippen LogP contribution in [0.3, 0.4) is 0 Å². The number of carboxylic acids is 2. The van der Waals surface area contributed by atoms with Gasteiger partial charge in [0.15, 0.2) is 0 Å². The van der Waals surface area contributed by atoms with Crippen molar-refractivity contribution < 1.29 is 24.5 Å². The number of benzene rings is 4. The van der Waals surface area contributed by atoms with Crippen molar-refractivity contribution in [2.75, 3.05) is 0 Å². The lowest BCUT2D eigenvalue weighted by atomic mass is 10.00. The van der Waals surface area contributed by atoms with Gasteiger partial charge in [0.2, 0.25) is 0 Å². The highest BCUT2D eigenvalue weighted by atomic mass is 32.1. The third kappa shape index (κ3) is 7.58. The first-order valence-electron chi connectivity index (χ1n) is 15.3. The summed E-state index contributed by atoms with van der Waals surface area (Å²) < 4.78 is 6.40. The topological polar surface area (TPSA) is 131 Å². The molecule has 0 bridgehead atoms. The highest BCUT2D eigenvalue weighted by Gasteiger charge is 2.18. The Balaban J connectivity index is 1.47. The summed E-state index contributed by atoms with van der Waals surface area (Å²) in [5.74, 6) is -1.16. The third-order valence-electron chi connectivity index (χ3n) is 7.71. The van der Waals surface area contributed by atoms with E-state index in [-0.39, 0.29) is 11.1 Å². The minimum Gasteiger partial charge on any atom is -0.477 e. The molecule has 1 aliphatic heterocycles. The van der Waals surface area contributed by atoms with Gasteiger partial charge in [0.1, 0.15) is 34.8 Å². The van der Waals surface area contributed by atoms with Crippen molar-refractivity contribution in [1.29, 1.82) is 10.5 Å². The molecule has 0 saturated heterocycles. The number of nitrogens with zero attached hydrogens (tertiary/aromatic N) is 2. The summed E-state index contributed by atoms with van der Waals surface area (Å²) in [6.07, 6.45) is 8.77. The maximum absolute atomic E-state index is 11.4. The molecule has 1 aliphatic rings. The summed E-state index contributed by atoms with van der Waals surface area (Å²) in [6, 6.07) is 39.9. The number of aliphatic carboxylic acids is 2. The van der Waals surface area contributed by atoms with Crippen LogP contribution in [-0.2, 0) is 14.3 Å². The predicted octanol–water partition coefficient (Wildman–Crippen LogP) is 9.56. The fourth-order valence-electron chi connectivity index (χ4n) is 5.25. The molecule has 1 aromatic heterocycles. The molecule has 2 N–H and O–H groups in total. The lowest BCUT2D eigenvalue weighted by Gasteiger charge is -2.19. The number of carboxylic acid groups (broad SMARTS) is 2. The Labute approximate surface area is 292 Å². The molecule has 0 fully saturated rings. The maximum Gasteiger partial charge on any atom is 0.346 e. The van der Waals surface area contributed by atoms with E-state index in [1.165, 1.54) is 12.2 Å². The molecule has 0 spiro atoms. The normalized spacial score (nSPS) is 12.9. The van der Waals surface area contributed by atoms with Crippen molar-refractivity contribution in [3.63, 3.8) is 0 Å². The molecule has 8 heteroatoms. The van der Waals surface area contributed by atoms with Crippen LogP contribution < -0.4 is 0 Å². The van der Waals surface area contributed by atoms with Crippen LogP contribution in [-0.4, -0.2) is 22.2 Å². The quantitative estimate of drug-likeness (QED) is 0.118. The molecule has 0 atom stereocenters. The average molecular weight is 671 g/mol. The molecule has 50 heavy (non-hydrogen) atoms. The Bertz CT molecular complexity index is 2270. The van der Waals surface area contributed by atoms with Gasteiger partial charge in [-0.3, -0.25) is 0 Å². The van der Waals surface area contributed by atoms with E-state index >= 15 is 0 Å². The zero-order chi connectivity index (χ0) is 35.0. The highest BCUT2D eigenvalue weighted by Crippen LogP contribution is 2.41. The molecule has 0 unspecified atom stereocenters. The number of ether oxygens (including phenoxy) is 1. The van der Waals surface area contributed by atoms with Crippen LogP contribution in [0.2, 0.25) is 0 Å². The third-order valence-corrected chi connectivity index (χ3v) is 8.96. The van der Waals surface area contributed by atoms with Crippen LogP contribution in [0.1, 0.15) is 27.8 Å². The Morgan fingerprint density at radius 3 is 1.52 bits per heavy atom. The van der Waals surface area contributed by atoms with Crippen LogP contribution in [0.5, 0.6) is 0 Å². The number of nitriles is 2. The molecule has 0 amide bonds. The number of carbonyl (C=O) groups is 2. The van der Waals surface area contributed by atoms with Crippen molar-refractivity contribution in [1.82, 2.24) is 0 Å². The summed E-state index contributed by atoms with van der Waals surface area (Å²) in [6.45, 7) is 0. The van der Waals surface area contributed by atoms with E-state index in [1.807, 2.05) is 97.1 Å². The molecule has 5 aromatic rings. The second kappa shape index (κ2) is 14.8. The number of hydrogen-bond acceptors (Lipinski definition) is 6. The van der Waals surface area contributed by atoms with Gasteiger partial charge in [-0.25, -0.2) is 9.59 Å². The molecule has 240 valence electrons. The molecular weight excluding hydrogens is 645 g/mol. The maximum atomic E-state index is 11.4. The standard InChI is InChI=1S/C42H26N2O5S/c43-25-35(41(45)46)19-27-11-15-32(16-12-27)39-24-34(40(50-39)33-17-13-28(14-18-33)20-36(26-44)42(47)48)21-29-22-37(30-7-3-1-4-8-30)49-38(23-29)31-9-5-2-6-10-31/h1-24H,(H,45,46)(H,47,48)/b35-19+,36-20-. The number of rotatable bonds is 9. The zero-order valence-corrected chi connectivity index (χ0v) is 27.1. The molecule has 6 rings (SSSR count). The van der Waals surface area contributed by atoms with E-state index in [0.29, 0.717) is 22.6 Å². The number of thiophene rings is 1. The fraction of sp³-hybridized carbons (Fsp3) is 0. The van der Waals surface area contributed by atoms with E-state index in [9.17, 15) is 25.1 Å². The fourth-order valence-corrected chi connectivity index (χ4v) is 6.39. The Morgan fingerprint density at radius 2 is 1.08 bits per heavy atom. The van der Waals surface area contributed by atoms with E-state index in [4.69, 9.17) is 10.00 Å². The summed E-state index contributed by atoms with van der Waals surface area (Å²) in [5, 5.41) is 36.9. The molecule has 7 nitrogen and oxygen atoms in total. The smallest absolute Gasteiger partial charge is 0.346 e. The molecule has 4 aromatic carbocycles. The molecule has 0 saturated carbocycles. The second-order valence-electron chi connectivity index (χ2n) is 11.1. The minimum atomic E-state index is -1.29. The van der Waals surface area contributed by atoms with Gasteiger partial charge < -0.3 is 14.9 Å². The lowest BCUT2D eigenvalue weighted by molar-refractivity contribution is -0.133. The average Bonchev–Trinajstić information content (AvgIpc) is 3.57. The summed E-state index contributed by atoms with van der Waals surface area (Å²) in [5.41, 5.74) is 5.98. The largest absolute Gasteiger partial charge is 0.477 e. The van der Waals surface area contributed by atoms with Crippen molar-refractivity contribution in [3.8, 4) is 33.0 Å². The summed E-state index contributed by atoms with van der Waals surface area (Å²) in [4.78, 5) is 24.6. The van der Waals surface area contributed by atoms with Crippen LogP contribution >= 0.6 is 11.3 Å². The van der Waals surface area contributed by atoms with Crippen molar-refractivity contribution in [2.24, 2.45) is 0 Å². The van der Waals surface area contributed by atoms with Crippen molar-refractivity contribution in [3.05, 3.63) is 172 Å².